The first kappa shape index (κ1) is 14.3. The number of carbonyl (C=O) groups is 3. The van der Waals surface area contributed by atoms with Gasteiger partial charge in [-0.05, 0) is 6.42 Å². The van der Waals surface area contributed by atoms with E-state index in [-0.39, 0.29) is 13.2 Å². The summed E-state index contributed by atoms with van der Waals surface area (Å²) in [4.78, 5) is 33.0. The first-order valence-corrected chi connectivity index (χ1v) is 5.12. The van der Waals surface area contributed by atoms with Crippen LogP contribution in [0.3, 0.4) is 0 Å². The third-order valence-corrected chi connectivity index (χ3v) is 1.68. The lowest BCUT2D eigenvalue weighted by molar-refractivity contribution is -0.164. The molecular weight excluding hydrogens is 212 g/mol. The van der Waals surface area contributed by atoms with Crippen LogP contribution >= 0.6 is 0 Å². The lowest BCUT2D eigenvalue weighted by Crippen LogP contribution is -2.28. The Morgan fingerprint density at radius 3 is 2.31 bits per heavy atom. The van der Waals surface area contributed by atoms with Gasteiger partial charge in [0.25, 0.3) is 0 Å². The third-order valence-electron chi connectivity index (χ3n) is 1.68. The quantitative estimate of drug-likeness (QED) is 0.204. The van der Waals surface area contributed by atoms with Crippen molar-refractivity contribution in [2.45, 2.75) is 26.2 Å². The van der Waals surface area contributed by atoms with E-state index < -0.39 is 17.7 Å². The van der Waals surface area contributed by atoms with E-state index in [9.17, 15) is 14.4 Å². The number of esters is 2. The van der Waals surface area contributed by atoms with E-state index >= 15 is 0 Å². The van der Waals surface area contributed by atoms with Gasteiger partial charge in [-0.3, -0.25) is 4.79 Å². The van der Waals surface area contributed by atoms with E-state index in [1.807, 2.05) is 6.92 Å². The molecule has 0 aliphatic carbocycles. The lowest BCUT2D eigenvalue weighted by atomic mass is 10.3. The summed E-state index contributed by atoms with van der Waals surface area (Å²) in [5, 5.41) is 0. The Balaban J connectivity index is 3.84. The number of hydrogen-bond donors (Lipinski definition) is 0. The molecule has 90 valence electrons. The molecule has 0 aliphatic heterocycles. The molecule has 0 saturated carbocycles. The SMILES string of the molecule is C=CCOC(=O)C(=O)C(=O)OCCCCC. The van der Waals surface area contributed by atoms with Gasteiger partial charge in [0, 0.05) is 0 Å². The highest BCUT2D eigenvalue weighted by Crippen LogP contribution is 1.95. The fourth-order valence-electron chi connectivity index (χ4n) is 0.866. The Hall–Kier alpha value is -1.65. The van der Waals surface area contributed by atoms with Gasteiger partial charge < -0.3 is 9.47 Å². The zero-order valence-electron chi connectivity index (χ0n) is 9.36. The number of carbonyl (C=O) groups excluding carboxylic acids is 3. The van der Waals surface area contributed by atoms with Crippen molar-refractivity contribution >= 4 is 17.7 Å². The molecule has 0 unspecified atom stereocenters. The van der Waals surface area contributed by atoms with Crippen molar-refractivity contribution in [2.75, 3.05) is 13.2 Å². The second-order valence-corrected chi connectivity index (χ2v) is 3.06. The monoisotopic (exact) mass is 228 g/mol. The average Bonchev–Trinajstić information content (AvgIpc) is 2.30. The summed E-state index contributed by atoms with van der Waals surface area (Å²) < 4.78 is 8.99. The number of ketones is 1. The van der Waals surface area contributed by atoms with Gasteiger partial charge in [-0.25, -0.2) is 9.59 Å². The topological polar surface area (TPSA) is 69.7 Å². The van der Waals surface area contributed by atoms with E-state index in [4.69, 9.17) is 0 Å². The summed E-state index contributed by atoms with van der Waals surface area (Å²) in [5.74, 6) is -3.65. The van der Waals surface area contributed by atoms with Crippen molar-refractivity contribution in [3.63, 3.8) is 0 Å². The van der Waals surface area contributed by atoms with E-state index in [1.165, 1.54) is 6.08 Å². The molecule has 16 heavy (non-hydrogen) atoms. The Morgan fingerprint density at radius 1 is 1.12 bits per heavy atom. The van der Waals surface area contributed by atoms with Crippen LogP contribution in [-0.2, 0) is 23.9 Å². The predicted molar refractivity (Wildman–Crippen MR) is 56.6 cm³/mol. The van der Waals surface area contributed by atoms with Gasteiger partial charge in [0.05, 0.1) is 6.61 Å². The molecule has 0 aromatic carbocycles. The summed E-state index contributed by atoms with van der Waals surface area (Å²) in [6, 6.07) is 0. The maximum Gasteiger partial charge on any atom is 0.387 e. The average molecular weight is 228 g/mol. The van der Waals surface area contributed by atoms with E-state index in [0.29, 0.717) is 6.42 Å². The zero-order valence-corrected chi connectivity index (χ0v) is 9.36. The predicted octanol–water partition coefficient (Wildman–Crippen LogP) is 1.02. The van der Waals surface area contributed by atoms with Crippen molar-refractivity contribution < 1.29 is 23.9 Å². The van der Waals surface area contributed by atoms with Crippen molar-refractivity contribution in [1.29, 1.82) is 0 Å². The minimum Gasteiger partial charge on any atom is -0.460 e. The van der Waals surface area contributed by atoms with Crippen LogP contribution in [0, 0.1) is 0 Å². The summed E-state index contributed by atoms with van der Waals surface area (Å²) in [6.45, 7) is 5.34. The number of hydrogen-bond acceptors (Lipinski definition) is 5. The van der Waals surface area contributed by atoms with Gasteiger partial charge in [-0.2, -0.15) is 0 Å². The second-order valence-electron chi connectivity index (χ2n) is 3.06. The molecule has 0 rings (SSSR count). The van der Waals surface area contributed by atoms with Crippen molar-refractivity contribution in [3.05, 3.63) is 12.7 Å². The number of Topliss-reactive ketones (excluding diaryl/α,β-unsaturated/α-hetero) is 1. The summed E-state index contributed by atoms with van der Waals surface area (Å²) in [5.41, 5.74) is 0. The van der Waals surface area contributed by atoms with Gasteiger partial charge >= 0.3 is 17.7 Å². The van der Waals surface area contributed by atoms with Gasteiger partial charge in [-0.1, -0.05) is 32.4 Å². The molecule has 0 radical (unpaired) electrons. The maximum atomic E-state index is 11.0. The molecule has 0 aromatic heterocycles. The molecule has 5 nitrogen and oxygen atoms in total. The van der Waals surface area contributed by atoms with Gasteiger partial charge in [0.15, 0.2) is 0 Å². The molecule has 0 bridgehead atoms. The van der Waals surface area contributed by atoms with Crippen molar-refractivity contribution in [3.8, 4) is 0 Å². The smallest absolute Gasteiger partial charge is 0.387 e. The minimum atomic E-state index is -1.28. The van der Waals surface area contributed by atoms with E-state index in [1.54, 1.807) is 0 Å². The van der Waals surface area contributed by atoms with Crippen LogP contribution in [0.25, 0.3) is 0 Å². The summed E-state index contributed by atoms with van der Waals surface area (Å²) in [7, 11) is 0. The number of ether oxygens (including phenoxy) is 2. The van der Waals surface area contributed by atoms with Crippen LogP contribution in [0.15, 0.2) is 12.7 Å². The molecule has 0 amide bonds. The van der Waals surface area contributed by atoms with Gasteiger partial charge in [0.2, 0.25) is 0 Å². The fraction of sp³-hybridized carbons (Fsp3) is 0.545. The largest absolute Gasteiger partial charge is 0.460 e. The molecule has 0 aliphatic rings. The van der Waals surface area contributed by atoms with E-state index in [0.717, 1.165) is 12.8 Å². The minimum absolute atomic E-state index is 0.103. The van der Waals surface area contributed by atoms with Crippen LogP contribution < -0.4 is 0 Å². The van der Waals surface area contributed by atoms with Gasteiger partial charge in [0.1, 0.15) is 6.61 Å². The van der Waals surface area contributed by atoms with Crippen LogP contribution in [0.5, 0.6) is 0 Å². The molecule has 0 N–H and O–H groups in total. The summed E-state index contributed by atoms with van der Waals surface area (Å²) >= 11 is 0. The van der Waals surface area contributed by atoms with Crippen LogP contribution in [0.4, 0.5) is 0 Å². The highest BCUT2D eigenvalue weighted by Gasteiger charge is 2.25. The first-order chi connectivity index (χ1) is 7.63. The van der Waals surface area contributed by atoms with Gasteiger partial charge in [-0.15, -0.1) is 0 Å². The Bertz CT molecular complexity index is 270. The Kier molecular flexibility index (Phi) is 7.75. The zero-order chi connectivity index (χ0) is 12.4. The normalized spacial score (nSPS) is 9.31. The maximum absolute atomic E-state index is 11.0. The van der Waals surface area contributed by atoms with E-state index in [2.05, 4.69) is 16.1 Å². The Morgan fingerprint density at radius 2 is 1.75 bits per heavy atom. The van der Waals surface area contributed by atoms with Crippen LogP contribution in [-0.4, -0.2) is 30.9 Å². The first-order valence-electron chi connectivity index (χ1n) is 5.12. The van der Waals surface area contributed by atoms with Crippen molar-refractivity contribution in [2.24, 2.45) is 0 Å². The number of unbranched alkanes of at least 4 members (excludes halogenated alkanes) is 2. The Labute approximate surface area is 94.4 Å². The highest BCUT2D eigenvalue weighted by molar-refractivity contribution is 6.60. The van der Waals surface area contributed by atoms with Crippen LogP contribution in [0.1, 0.15) is 26.2 Å². The van der Waals surface area contributed by atoms with Crippen LogP contribution in [0.2, 0.25) is 0 Å². The fourth-order valence-corrected chi connectivity index (χ4v) is 0.866. The molecule has 0 atom stereocenters. The molecule has 0 spiro atoms. The van der Waals surface area contributed by atoms with Crippen molar-refractivity contribution in [1.82, 2.24) is 0 Å². The standard InChI is InChI=1S/C11H16O5/c1-3-5-6-8-16-11(14)9(12)10(13)15-7-4-2/h4H,2-3,5-8H2,1H3. The third kappa shape index (κ3) is 5.95. The molecule has 0 aromatic rings. The second kappa shape index (κ2) is 8.64. The lowest BCUT2D eigenvalue weighted by Gasteiger charge is -2.02. The molecule has 0 fully saturated rings. The summed E-state index contributed by atoms with van der Waals surface area (Å²) in [6.07, 6.45) is 3.87. The highest BCUT2D eigenvalue weighted by atomic mass is 16.6. The number of rotatable bonds is 8. The molecule has 0 heterocycles. The molecular formula is C11H16O5. The molecule has 0 saturated heterocycles. The molecule has 5 heteroatoms.